The third kappa shape index (κ3) is 5.41. The first-order valence-corrected chi connectivity index (χ1v) is 12.1. The van der Waals surface area contributed by atoms with Gasteiger partial charge in [-0.05, 0) is 61.9 Å². The summed E-state index contributed by atoms with van der Waals surface area (Å²) in [4.78, 5) is 27.8. The summed E-state index contributed by atoms with van der Waals surface area (Å²) >= 11 is 0. The molecule has 1 aliphatic heterocycles. The number of hydrogen-bond donors (Lipinski definition) is 1. The summed E-state index contributed by atoms with van der Waals surface area (Å²) in [5.74, 6) is -1.64. The summed E-state index contributed by atoms with van der Waals surface area (Å²) in [5.41, 5.74) is -0.991. The highest BCUT2D eigenvalue weighted by atomic mass is 19.4. The summed E-state index contributed by atoms with van der Waals surface area (Å²) in [7, 11) is 1.43. The van der Waals surface area contributed by atoms with Crippen LogP contribution in [0.25, 0.3) is 5.76 Å². The van der Waals surface area contributed by atoms with Gasteiger partial charge in [-0.25, -0.2) is 0 Å². The van der Waals surface area contributed by atoms with Crippen molar-refractivity contribution in [1.29, 1.82) is 0 Å². The fourth-order valence-electron chi connectivity index (χ4n) is 4.43. The van der Waals surface area contributed by atoms with Crippen molar-refractivity contribution in [3.63, 3.8) is 0 Å². The second-order valence-corrected chi connectivity index (χ2v) is 8.52. The van der Waals surface area contributed by atoms with Gasteiger partial charge in [0.1, 0.15) is 23.0 Å². The van der Waals surface area contributed by atoms with Crippen LogP contribution in [0.3, 0.4) is 0 Å². The molecular formula is C29H26F3NO6. The Balaban J connectivity index is 1.97. The van der Waals surface area contributed by atoms with Crippen LogP contribution in [0.4, 0.5) is 18.9 Å². The van der Waals surface area contributed by atoms with E-state index in [0.717, 1.165) is 23.1 Å². The van der Waals surface area contributed by atoms with Crippen molar-refractivity contribution >= 4 is 23.1 Å². The van der Waals surface area contributed by atoms with E-state index in [4.69, 9.17) is 14.2 Å². The molecule has 3 aromatic carbocycles. The summed E-state index contributed by atoms with van der Waals surface area (Å²) in [6.07, 6.45) is -4.68. The van der Waals surface area contributed by atoms with Crippen molar-refractivity contribution in [3.05, 3.63) is 89.0 Å². The summed E-state index contributed by atoms with van der Waals surface area (Å²) in [5, 5.41) is 11.5. The number of methoxy groups -OCH3 is 1. The third-order valence-electron chi connectivity index (χ3n) is 6.12. The van der Waals surface area contributed by atoms with Gasteiger partial charge in [-0.1, -0.05) is 18.2 Å². The van der Waals surface area contributed by atoms with Crippen LogP contribution in [0.1, 0.15) is 36.6 Å². The van der Waals surface area contributed by atoms with Crippen LogP contribution in [0.2, 0.25) is 0 Å². The molecule has 1 N–H and O–H groups in total. The van der Waals surface area contributed by atoms with E-state index in [1.807, 2.05) is 0 Å². The molecule has 0 aromatic heterocycles. The van der Waals surface area contributed by atoms with Crippen LogP contribution in [0.5, 0.6) is 17.2 Å². The van der Waals surface area contributed by atoms with E-state index in [-0.39, 0.29) is 29.2 Å². The van der Waals surface area contributed by atoms with Gasteiger partial charge in [-0.15, -0.1) is 0 Å². The van der Waals surface area contributed by atoms with Crippen molar-refractivity contribution in [2.45, 2.75) is 26.1 Å². The largest absolute Gasteiger partial charge is 0.507 e. The predicted molar refractivity (Wildman–Crippen MR) is 138 cm³/mol. The lowest BCUT2D eigenvalue weighted by Crippen LogP contribution is -2.29. The summed E-state index contributed by atoms with van der Waals surface area (Å²) in [6.45, 7) is 4.15. The van der Waals surface area contributed by atoms with Gasteiger partial charge in [-0.2, -0.15) is 13.2 Å². The molecule has 204 valence electrons. The van der Waals surface area contributed by atoms with E-state index in [2.05, 4.69) is 0 Å². The highest BCUT2D eigenvalue weighted by molar-refractivity contribution is 6.51. The van der Waals surface area contributed by atoms with E-state index in [0.29, 0.717) is 23.7 Å². The quantitative estimate of drug-likeness (QED) is 0.210. The van der Waals surface area contributed by atoms with Gasteiger partial charge in [0.05, 0.1) is 43.1 Å². The van der Waals surface area contributed by atoms with E-state index >= 15 is 0 Å². The number of ether oxygens (including phenoxy) is 3. The van der Waals surface area contributed by atoms with Gasteiger partial charge in [-0.3, -0.25) is 14.5 Å². The lowest BCUT2D eigenvalue weighted by Gasteiger charge is -2.26. The molecule has 0 saturated carbocycles. The molecule has 39 heavy (non-hydrogen) atoms. The Bertz CT molecular complexity index is 1430. The second-order valence-electron chi connectivity index (χ2n) is 8.52. The predicted octanol–water partition coefficient (Wildman–Crippen LogP) is 6.14. The van der Waals surface area contributed by atoms with Gasteiger partial charge < -0.3 is 19.3 Å². The van der Waals surface area contributed by atoms with Crippen molar-refractivity contribution in [3.8, 4) is 17.2 Å². The number of anilines is 1. The molecule has 1 amide bonds. The van der Waals surface area contributed by atoms with Crippen LogP contribution in [0.15, 0.2) is 72.3 Å². The number of amides is 1. The molecule has 1 saturated heterocycles. The maximum absolute atomic E-state index is 13.5. The molecule has 1 aliphatic rings. The molecule has 7 nitrogen and oxygen atoms in total. The molecule has 1 fully saturated rings. The standard InChI is InChI=1S/C29H26F3NO6/c1-4-38-21-12-13-22(23(16-21)39-5-2)26(34)24-25(17-8-6-11-20(14-17)37-3)33(28(36)27(24)35)19-10-7-9-18(15-19)29(30,31)32/h6-16,25,34H,4-5H2,1-3H3/b26-24-. The molecule has 1 atom stereocenters. The number of hydrogen-bond acceptors (Lipinski definition) is 6. The zero-order valence-corrected chi connectivity index (χ0v) is 21.4. The topological polar surface area (TPSA) is 85.3 Å². The minimum absolute atomic E-state index is 0.121. The van der Waals surface area contributed by atoms with Crippen molar-refractivity contribution in [2.75, 3.05) is 25.2 Å². The Kier molecular flexibility index (Phi) is 7.85. The van der Waals surface area contributed by atoms with Crippen LogP contribution < -0.4 is 19.1 Å². The molecule has 4 rings (SSSR count). The average molecular weight is 542 g/mol. The van der Waals surface area contributed by atoms with Gasteiger partial charge in [0.2, 0.25) is 0 Å². The molecular weight excluding hydrogens is 515 g/mol. The SMILES string of the molecule is CCOc1ccc(/C(O)=C2/C(=O)C(=O)N(c3cccc(C(F)(F)F)c3)C2c2cccc(OC)c2)c(OCC)c1. The number of ketones is 1. The first-order chi connectivity index (χ1) is 18.6. The fourth-order valence-corrected chi connectivity index (χ4v) is 4.43. The Morgan fingerprint density at radius 3 is 2.31 bits per heavy atom. The summed E-state index contributed by atoms with van der Waals surface area (Å²) < 4.78 is 57.0. The van der Waals surface area contributed by atoms with Gasteiger partial charge in [0.25, 0.3) is 11.7 Å². The maximum Gasteiger partial charge on any atom is 0.416 e. The molecule has 0 bridgehead atoms. The second kappa shape index (κ2) is 11.1. The summed E-state index contributed by atoms with van der Waals surface area (Å²) in [6, 6.07) is 13.9. The normalized spacial score (nSPS) is 16.9. The van der Waals surface area contributed by atoms with E-state index in [1.54, 1.807) is 50.2 Å². The number of benzene rings is 3. The van der Waals surface area contributed by atoms with Crippen molar-refractivity contribution < 1.29 is 42.1 Å². The molecule has 0 spiro atoms. The fraction of sp³-hybridized carbons (Fsp3) is 0.241. The number of carbonyl (C=O) groups is 2. The van der Waals surface area contributed by atoms with E-state index in [9.17, 15) is 27.9 Å². The van der Waals surface area contributed by atoms with E-state index < -0.39 is 35.2 Å². The van der Waals surface area contributed by atoms with Crippen molar-refractivity contribution in [1.82, 2.24) is 0 Å². The number of aliphatic hydroxyl groups is 1. The number of carbonyl (C=O) groups excluding carboxylic acids is 2. The molecule has 0 radical (unpaired) electrons. The molecule has 1 unspecified atom stereocenters. The molecule has 0 aliphatic carbocycles. The highest BCUT2D eigenvalue weighted by Crippen LogP contribution is 2.45. The Morgan fingerprint density at radius 1 is 0.923 bits per heavy atom. The zero-order chi connectivity index (χ0) is 28.3. The Hall–Kier alpha value is -4.47. The van der Waals surface area contributed by atoms with Crippen LogP contribution in [0, 0.1) is 0 Å². The van der Waals surface area contributed by atoms with Gasteiger partial charge in [0.15, 0.2) is 0 Å². The third-order valence-corrected chi connectivity index (χ3v) is 6.12. The number of halogens is 3. The minimum Gasteiger partial charge on any atom is -0.507 e. The number of Topliss-reactive ketones (excluding diaryl/α,β-unsaturated/α-hetero) is 1. The van der Waals surface area contributed by atoms with Gasteiger partial charge in [0, 0.05) is 11.8 Å². The number of alkyl halides is 3. The first kappa shape index (κ1) is 27.6. The van der Waals surface area contributed by atoms with Crippen LogP contribution in [-0.4, -0.2) is 37.1 Å². The lowest BCUT2D eigenvalue weighted by molar-refractivity contribution is -0.137. The molecule has 1 heterocycles. The molecule has 10 heteroatoms. The lowest BCUT2D eigenvalue weighted by atomic mass is 9.94. The minimum atomic E-state index is -4.68. The van der Waals surface area contributed by atoms with Crippen LogP contribution in [-0.2, 0) is 15.8 Å². The molecule has 3 aromatic rings. The number of rotatable bonds is 8. The zero-order valence-electron chi connectivity index (χ0n) is 21.4. The Labute approximate surface area is 223 Å². The van der Waals surface area contributed by atoms with Crippen LogP contribution >= 0.6 is 0 Å². The average Bonchev–Trinajstić information content (AvgIpc) is 3.18. The smallest absolute Gasteiger partial charge is 0.416 e. The van der Waals surface area contributed by atoms with Crippen molar-refractivity contribution in [2.24, 2.45) is 0 Å². The maximum atomic E-state index is 13.5. The van der Waals surface area contributed by atoms with Gasteiger partial charge >= 0.3 is 6.18 Å². The number of nitrogens with zero attached hydrogens (tertiary/aromatic N) is 1. The Morgan fingerprint density at radius 2 is 1.64 bits per heavy atom. The van der Waals surface area contributed by atoms with E-state index in [1.165, 1.54) is 19.2 Å². The first-order valence-electron chi connectivity index (χ1n) is 12.1. The monoisotopic (exact) mass is 541 g/mol. The number of aliphatic hydroxyl groups excluding tert-OH is 1. The highest BCUT2D eigenvalue weighted by Gasteiger charge is 2.47.